The van der Waals surface area contributed by atoms with Crippen LogP contribution in [-0.2, 0) is 0 Å². The SMILES string of the molecule is C[C@@H](CO)c1ccc(-c2ccccc2)c(F)c1. The van der Waals surface area contributed by atoms with Crippen molar-refractivity contribution < 1.29 is 9.50 Å². The van der Waals surface area contributed by atoms with Crippen molar-refractivity contribution in [3.05, 3.63) is 59.9 Å². The van der Waals surface area contributed by atoms with Gasteiger partial charge in [-0.05, 0) is 17.2 Å². The number of aliphatic hydroxyl groups excluding tert-OH is 1. The highest BCUT2D eigenvalue weighted by molar-refractivity contribution is 5.64. The van der Waals surface area contributed by atoms with E-state index in [0.29, 0.717) is 5.56 Å². The molecule has 0 aliphatic rings. The lowest BCUT2D eigenvalue weighted by Gasteiger charge is -2.10. The molecule has 0 heterocycles. The smallest absolute Gasteiger partial charge is 0.131 e. The summed E-state index contributed by atoms with van der Waals surface area (Å²) in [5.74, 6) is -0.275. The molecule has 0 spiro atoms. The zero-order chi connectivity index (χ0) is 12.3. The molecule has 0 radical (unpaired) electrons. The lowest BCUT2D eigenvalue weighted by molar-refractivity contribution is 0.273. The standard InChI is InChI=1S/C15H15FO/c1-11(10-17)13-7-8-14(15(16)9-13)12-5-3-2-4-6-12/h2-9,11,17H,10H2,1H3/t11-/m0/s1. The Morgan fingerprint density at radius 3 is 2.41 bits per heavy atom. The molecule has 17 heavy (non-hydrogen) atoms. The summed E-state index contributed by atoms with van der Waals surface area (Å²) in [7, 11) is 0. The van der Waals surface area contributed by atoms with Gasteiger partial charge < -0.3 is 5.11 Å². The molecule has 2 rings (SSSR count). The van der Waals surface area contributed by atoms with Crippen molar-refractivity contribution in [1.82, 2.24) is 0 Å². The van der Waals surface area contributed by atoms with E-state index in [1.54, 1.807) is 6.07 Å². The minimum Gasteiger partial charge on any atom is -0.396 e. The van der Waals surface area contributed by atoms with Gasteiger partial charge in [0.05, 0.1) is 0 Å². The third-order valence-electron chi connectivity index (χ3n) is 2.92. The maximum atomic E-state index is 14.0. The van der Waals surface area contributed by atoms with Gasteiger partial charge in [-0.1, -0.05) is 49.4 Å². The van der Waals surface area contributed by atoms with Crippen LogP contribution in [0.15, 0.2) is 48.5 Å². The molecule has 2 heteroatoms. The first kappa shape index (κ1) is 11.8. The molecule has 88 valence electrons. The normalized spacial score (nSPS) is 12.4. The number of halogens is 1. The van der Waals surface area contributed by atoms with Gasteiger partial charge in [0.25, 0.3) is 0 Å². The minimum atomic E-state index is -0.242. The van der Waals surface area contributed by atoms with Crippen LogP contribution >= 0.6 is 0 Å². The topological polar surface area (TPSA) is 20.2 Å². The minimum absolute atomic E-state index is 0.0319. The summed E-state index contributed by atoms with van der Waals surface area (Å²) in [5, 5.41) is 9.04. The average molecular weight is 230 g/mol. The lowest BCUT2D eigenvalue weighted by Crippen LogP contribution is -1.99. The van der Waals surface area contributed by atoms with E-state index in [0.717, 1.165) is 11.1 Å². The first-order valence-electron chi connectivity index (χ1n) is 5.68. The van der Waals surface area contributed by atoms with Gasteiger partial charge in [0.15, 0.2) is 0 Å². The summed E-state index contributed by atoms with van der Waals surface area (Å²) < 4.78 is 14.0. The molecule has 0 amide bonds. The number of hydrogen-bond acceptors (Lipinski definition) is 1. The predicted octanol–water partition coefficient (Wildman–Crippen LogP) is 3.59. The second-order valence-electron chi connectivity index (χ2n) is 4.19. The van der Waals surface area contributed by atoms with Crippen LogP contribution in [0.4, 0.5) is 4.39 Å². The lowest BCUT2D eigenvalue weighted by atomic mass is 9.97. The van der Waals surface area contributed by atoms with E-state index < -0.39 is 0 Å². The summed E-state index contributed by atoms with van der Waals surface area (Å²) in [6.07, 6.45) is 0. The maximum absolute atomic E-state index is 14.0. The van der Waals surface area contributed by atoms with Gasteiger partial charge in [-0.15, -0.1) is 0 Å². The molecule has 0 bridgehead atoms. The second kappa shape index (κ2) is 5.11. The molecule has 0 unspecified atom stereocenters. The molecular formula is C15H15FO. The van der Waals surface area contributed by atoms with Crippen LogP contribution in [0.1, 0.15) is 18.4 Å². The van der Waals surface area contributed by atoms with Crippen molar-refractivity contribution >= 4 is 0 Å². The summed E-state index contributed by atoms with van der Waals surface area (Å²) in [5.41, 5.74) is 2.29. The molecular weight excluding hydrogens is 215 g/mol. The fourth-order valence-corrected chi connectivity index (χ4v) is 1.80. The number of aliphatic hydroxyl groups is 1. The molecule has 1 nitrogen and oxygen atoms in total. The zero-order valence-corrected chi connectivity index (χ0v) is 9.73. The van der Waals surface area contributed by atoms with Crippen LogP contribution in [0, 0.1) is 5.82 Å². The number of hydrogen-bond donors (Lipinski definition) is 1. The van der Waals surface area contributed by atoms with Crippen molar-refractivity contribution in [2.75, 3.05) is 6.61 Å². The monoisotopic (exact) mass is 230 g/mol. The fourth-order valence-electron chi connectivity index (χ4n) is 1.80. The van der Waals surface area contributed by atoms with Crippen molar-refractivity contribution in [3.63, 3.8) is 0 Å². The zero-order valence-electron chi connectivity index (χ0n) is 9.73. The molecule has 0 fully saturated rings. The van der Waals surface area contributed by atoms with E-state index >= 15 is 0 Å². The molecule has 0 aliphatic heterocycles. The van der Waals surface area contributed by atoms with Crippen molar-refractivity contribution in [3.8, 4) is 11.1 Å². The largest absolute Gasteiger partial charge is 0.396 e. The quantitative estimate of drug-likeness (QED) is 0.854. The van der Waals surface area contributed by atoms with Crippen LogP contribution in [0.25, 0.3) is 11.1 Å². The van der Waals surface area contributed by atoms with E-state index in [-0.39, 0.29) is 18.3 Å². The number of rotatable bonds is 3. The second-order valence-corrected chi connectivity index (χ2v) is 4.19. The highest BCUT2D eigenvalue weighted by atomic mass is 19.1. The third-order valence-corrected chi connectivity index (χ3v) is 2.92. The molecule has 1 N–H and O–H groups in total. The van der Waals surface area contributed by atoms with Crippen LogP contribution in [0.5, 0.6) is 0 Å². The Balaban J connectivity index is 2.39. The van der Waals surface area contributed by atoms with Crippen LogP contribution < -0.4 is 0 Å². The first-order valence-corrected chi connectivity index (χ1v) is 5.68. The first-order chi connectivity index (χ1) is 8.22. The Bertz CT molecular complexity index is 494. The van der Waals surface area contributed by atoms with Gasteiger partial charge >= 0.3 is 0 Å². The van der Waals surface area contributed by atoms with Gasteiger partial charge in [0.2, 0.25) is 0 Å². The Kier molecular flexibility index (Phi) is 3.55. The average Bonchev–Trinajstić information content (AvgIpc) is 2.38. The van der Waals surface area contributed by atoms with E-state index in [4.69, 9.17) is 5.11 Å². The van der Waals surface area contributed by atoms with Crippen molar-refractivity contribution in [2.45, 2.75) is 12.8 Å². The Morgan fingerprint density at radius 2 is 1.82 bits per heavy atom. The van der Waals surface area contributed by atoms with Crippen LogP contribution in [0.3, 0.4) is 0 Å². The van der Waals surface area contributed by atoms with Gasteiger partial charge in [-0.2, -0.15) is 0 Å². The predicted molar refractivity (Wildman–Crippen MR) is 67.3 cm³/mol. The van der Waals surface area contributed by atoms with E-state index in [1.165, 1.54) is 6.07 Å². The summed E-state index contributed by atoms with van der Waals surface area (Å²) in [4.78, 5) is 0. The van der Waals surface area contributed by atoms with E-state index in [2.05, 4.69) is 0 Å². The van der Waals surface area contributed by atoms with Crippen molar-refractivity contribution in [2.24, 2.45) is 0 Å². The van der Waals surface area contributed by atoms with E-state index in [9.17, 15) is 4.39 Å². The molecule has 0 saturated carbocycles. The Hall–Kier alpha value is -1.67. The molecule has 0 aromatic heterocycles. The highest BCUT2D eigenvalue weighted by Gasteiger charge is 2.09. The van der Waals surface area contributed by atoms with Crippen molar-refractivity contribution in [1.29, 1.82) is 0 Å². The molecule has 2 aromatic carbocycles. The number of benzene rings is 2. The molecule has 2 aromatic rings. The fraction of sp³-hybridized carbons (Fsp3) is 0.200. The molecule has 0 aliphatic carbocycles. The van der Waals surface area contributed by atoms with Gasteiger partial charge in [-0.25, -0.2) is 4.39 Å². The Labute approximate surface area is 101 Å². The molecule has 1 atom stereocenters. The van der Waals surface area contributed by atoms with Crippen LogP contribution in [0.2, 0.25) is 0 Å². The molecule has 0 saturated heterocycles. The van der Waals surface area contributed by atoms with Gasteiger partial charge in [0, 0.05) is 18.1 Å². The highest BCUT2D eigenvalue weighted by Crippen LogP contribution is 2.25. The Morgan fingerprint density at radius 1 is 1.12 bits per heavy atom. The van der Waals surface area contributed by atoms with Crippen LogP contribution in [-0.4, -0.2) is 11.7 Å². The summed E-state index contributed by atoms with van der Waals surface area (Å²) >= 11 is 0. The third kappa shape index (κ3) is 2.53. The van der Waals surface area contributed by atoms with Gasteiger partial charge in [-0.3, -0.25) is 0 Å². The van der Waals surface area contributed by atoms with Gasteiger partial charge in [0.1, 0.15) is 5.82 Å². The maximum Gasteiger partial charge on any atom is 0.131 e. The summed E-state index contributed by atoms with van der Waals surface area (Å²) in [6, 6.07) is 14.6. The summed E-state index contributed by atoms with van der Waals surface area (Å²) in [6.45, 7) is 1.90. The van der Waals surface area contributed by atoms with E-state index in [1.807, 2.05) is 43.3 Å².